The number of aliphatic hydroxyl groups is 1. The molecule has 2 aliphatic rings. The highest BCUT2D eigenvalue weighted by atomic mass is 16.7. The van der Waals surface area contributed by atoms with E-state index in [-0.39, 0.29) is 66.5 Å². The van der Waals surface area contributed by atoms with Crippen LogP contribution in [-0.2, 0) is 28.6 Å². The van der Waals surface area contributed by atoms with Crippen molar-refractivity contribution in [3.8, 4) is 0 Å². The molecule has 2 aliphatic heterocycles. The Morgan fingerprint density at radius 2 is 1.79 bits per heavy atom. The summed E-state index contributed by atoms with van der Waals surface area (Å²) in [6.45, 7) is 10.5. The van der Waals surface area contributed by atoms with Crippen LogP contribution >= 0.6 is 0 Å². The molecular formula is C33H56N2O7. The largest absolute Gasteiger partial charge is 0.462 e. The normalized spacial score (nSPS) is 38.1. The monoisotopic (exact) mass is 592 g/mol. The van der Waals surface area contributed by atoms with Crippen molar-refractivity contribution in [1.82, 2.24) is 9.80 Å². The van der Waals surface area contributed by atoms with E-state index in [9.17, 15) is 19.5 Å². The predicted molar refractivity (Wildman–Crippen MR) is 164 cm³/mol. The van der Waals surface area contributed by atoms with Gasteiger partial charge in [-0.05, 0) is 85.6 Å². The maximum absolute atomic E-state index is 13.2. The molecule has 0 aromatic carbocycles. The molecule has 1 N–H and O–H groups in total. The molecule has 4 unspecified atom stereocenters. The topological polar surface area (TPSA) is 106 Å². The number of hydrogen-bond donors (Lipinski definition) is 1. The van der Waals surface area contributed by atoms with Gasteiger partial charge in [-0.2, -0.15) is 0 Å². The van der Waals surface area contributed by atoms with Crippen molar-refractivity contribution >= 4 is 18.0 Å². The maximum Gasteiger partial charge on any atom is 0.306 e. The summed E-state index contributed by atoms with van der Waals surface area (Å²) in [6, 6.07) is -0.150. The standard InChI is InChI=1S/C33H56N2O7/c1-10-29-26(20-34(6)7)17-21(2)11-13-28(37)23(4)18-25(15-16-36)32(22(3)12-14-30(38)41-29)42-33-31(39)27(35(8)9)19-24(5)40-33/h11,13,16-17,22-27,29,31-33,39H,10,12,14-15,18-20H2,1-9H3/b13-11+,21-17+/t22-,23+,24?,25-,26+,27?,29+,31?,32+,33?/m0/s1. The SMILES string of the molecule is CC[C@H]1OC(=O)CC[C@H](C)[C@@H](OC2OC(C)CC(N(C)C)C2O)[C@@H](CC=O)C[C@@H](C)C(=O)/C=C/C(C)=C/[C@@H]1CN(C)C. The van der Waals surface area contributed by atoms with Crippen LogP contribution in [-0.4, -0.2) is 104 Å². The summed E-state index contributed by atoms with van der Waals surface area (Å²) in [5, 5.41) is 11.2. The second-order valence-electron chi connectivity index (χ2n) is 13.0. The number of cyclic esters (lactones) is 1. The number of carbonyl (C=O) groups excluding carboxylic acids is 3. The smallest absolute Gasteiger partial charge is 0.306 e. The average molecular weight is 593 g/mol. The molecule has 0 saturated carbocycles. The summed E-state index contributed by atoms with van der Waals surface area (Å²) >= 11 is 0. The zero-order valence-electron chi connectivity index (χ0n) is 27.3. The van der Waals surface area contributed by atoms with E-state index < -0.39 is 18.5 Å². The van der Waals surface area contributed by atoms with Crippen LogP contribution in [0.2, 0.25) is 0 Å². The van der Waals surface area contributed by atoms with E-state index in [1.54, 1.807) is 6.08 Å². The van der Waals surface area contributed by atoms with Gasteiger partial charge in [-0.1, -0.05) is 38.5 Å². The van der Waals surface area contributed by atoms with Gasteiger partial charge in [0, 0.05) is 37.3 Å². The second-order valence-corrected chi connectivity index (χ2v) is 13.0. The molecule has 0 aliphatic carbocycles. The van der Waals surface area contributed by atoms with E-state index in [0.29, 0.717) is 32.2 Å². The number of rotatable bonds is 8. The molecular weight excluding hydrogens is 536 g/mol. The Kier molecular flexibility index (Phi) is 15.0. The summed E-state index contributed by atoms with van der Waals surface area (Å²) in [5.41, 5.74) is 0.927. The van der Waals surface area contributed by atoms with E-state index in [1.165, 1.54) is 0 Å². The van der Waals surface area contributed by atoms with Gasteiger partial charge in [-0.25, -0.2) is 0 Å². The summed E-state index contributed by atoms with van der Waals surface area (Å²) in [6.07, 6.45) is 6.27. The van der Waals surface area contributed by atoms with Gasteiger partial charge in [0.1, 0.15) is 18.5 Å². The Morgan fingerprint density at radius 1 is 1.10 bits per heavy atom. The van der Waals surface area contributed by atoms with Crippen LogP contribution in [0.3, 0.4) is 0 Å². The van der Waals surface area contributed by atoms with Crippen LogP contribution in [0.15, 0.2) is 23.8 Å². The number of likely N-dealkylation sites (N-methyl/N-ethyl adjacent to an activating group) is 1. The van der Waals surface area contributed by atoms with Gasteiger partial charge >= 0.3 is 5.97 Å². The Morgan fingerprint density at radius 3 is 2.38 bits per heavy atom. The number of nitrogens with zero attached hydrogens (tertiary/aromatic N) is 2. The molecule has 42 heavy (non-hydrogen) atoms. The minimum absolute atomic E-state index is 0.0185. The number of aldehydes is 1. The first-order valence-corrected chi connectivity index (χ1v) is 15.6. The summed E-state index contributed by atoms with van der Waals surface area (Å²) < 4.78 is 18.7. The van der Waals surface area contributed by atoms with Crippen molar-refractivity contribution in [2.24, 2.45) is 23.7 Å². The molecule has 9 nitrogen and oxygen atoms in total. The van der Waals surface area contributed by atoms with E-state index in [4.69, 9.17) is 14.2 Å². The lowest BCUT2D eigenvalue weighted by atomic mass is 9.80. The maximum atomic E-state index is 13.2. The van der Waals surface area contributed by atoms with E-state index in [0.717, 1.165) is 11.9 Å². The van der Waals surface area contributed by atoms with Crippen LogP contribution in [0.1, 0.15) is 73.1 Å². The lowest BCUT2D eigenvalue weighted by Crippen LogP contribution is -2.55. The van der Waals surface area contributed by atoms with Gasteiger partial charge in [0.05, 0.1) is 12.2 Å². The number of carbonyl (C=O) groups is 3. The van der Waals surface area contributed by atoms with Gasteiger partial charge in [-0.3, -0.25) is 9.59 Å². The van der Waals surface area contributed by atoms with Crippen LogP contribution < -0.4 is 0 Å². The molecule has 0 spiro atoms. The third kappa shape index (κ3) is 11.0. The zero-order chi connectivity index (χ0) is 31.6. The molecule has 2 heterocycles. The predicted octanol–water partition coefficient (Wildman–Crippen LogP) is 4.03. The minimum atomic E-state index is -0.893. The van der Waals surface area contributed by atoms with Gasteiger partial charge in [0.25, 0.3) is 0 Å². The first-order chi connectivity index (χ1) is 19.8. The van der Waals surface area contributed by atoms with Crippen molar-refractivity contribution in [2.75, 3.05) is 34.7 Å². The van der Waals surface area contributed by atoms with Gasteiger partial charge in [0.15, 0.2) is 12.1 Å². The molecule has 0 radical (unpaired) electrons. The quantitative estimate of drug-likeness (QED) is 0.330. The Hall–Kier alpha value is -1.91. The highest BCUT2D eigenvalue weighted by molar-refractivity contribution is 5.91. The fourth-order valence-electron chi connectivity index (χ4n) is 6.26. The molecule has 10 atom stereocenters. The van der Waals surface area contributed by atoms with Crippen molar-refractivity contribution in [1.29, 1.82) is 0 Å². The Balaban J connectivity index is 2.45. The highest BCUT2D eigenvalue weighted by Crippen LogP contribution is 2.34. The minimum Gasteiger partial charge on any atom is -0.462 e. The number of allylic oxidation sites excluding steroid dienone is 3. The van der Waals surface area contributed by atoms with Gasteiger partial charge in [0.2, 0.25) is 0 Å². The van der Waals surface area contributed by atoms with Crippen molar-refractivity contribution in [3.63, 3.8) is 0 Å². The summed E-state index contributed by atoms with van der Waals surface area (Å²) in [7, 11) is 7.82. The summed E-state index contributed by atoms with van der Waals surface area (Å²) in [4.78, 5) is 42.3. The molecule has 0 aromatic rings. The Bertz CT molecular complexity index is 933. The van der Waals surface area contributed by atoms with Crippen LogP contribution in [0, 0.1) is 23.7 Å². The first-order valence-electron chi connectivity index (χ1n) is 15.6. The third-order valence-corrected chi connectivity index (χ3v) is 8.66. The average Bonchev–Trinajstić information content (AvgIpc) is 2.91. The third-order valence-electron chi connectivity index (χ3n) is 8.66. The van der Waals surface area contributed by atoms with Crippen molar-refractivity contribution in [3.05, 3.63) is 23.8 Å². The molecule has 0 bridgehead atoms. The van der Waals surface area contributed by atoms with E-state index in [2.05, 4.69) is 11.0 Å². The lowest BCUT2D eigenvalue weighted by molar-refractivity contribution is -0.280. The molecule has 2 rings (SSSR count). The molecule has 1 fully saturated rings. The van der Waals surface area contributed by atoms with Gasteiger partial charge < -0.3 is 33.9 Å². The van der Waals surface area contributed by atoms with Crippen LogP contribution in [0.25, 0.3) is 0 Å². The Labute approximate surface area is 253 Å². The van der Waals surface area contributed by atoms with Gasteiger partial charge in [-0.15, -0.1) is 0 Å². The van der Waals surface area contributed by atoms with Crippen molar-refractivity contribution < 1.29 is 33.7 Å². The molecule has 1 saturated heterocycles. The number of hydrogen-bond acceptors (Lipinski definition) is 9. The number of aliphatic hydroxyl groups excluding tert-OH is 1. The lowest BCUT2D eigenvalue weighted by Gasteiger charge is -2.44. The highest BCUT2D eigenvalue weighted by Gasteiger charge is 2.42. The fourth-order valence-corrected chi connectivity index (χ4v) is 6.26. The second kappa shape index (κ2) is 17.4. The summed E-state index contributed by atoms with van der Waals surface area (Å²) in [5.74, 6) is -1.13. The molecule has 240 valence electrons. The molecule has 0 amide bonds. The zero-order valence-corrected chi connectivity index (χ0v) is 27.3. The van der Waals surface area contributed by atoms with Crippen molar-refractivity contribution in [2.45, 2.75) is 110 Å². The van der Waals surface area contributed by atoms with E-state index >= 15 is 0 Å². The fraction of sp³-hybridized carbons (Fsp3) is 0.788. The molecule has 0 aromatic heterocycles. The number of ether oxygens (including phenoxy) is 3. The first kappa shape index (κ1) is 36.3. The van der Waals surface area contributed by atoms with Crippen LogP contribution in [0.5, 0.6) is 0 Å². The number of ketones is 1. The number of esters is 1. The van der Waals surface area contributed by atoms with Crippen LogP contribution in [0.4, 0.5) is 0 Å². The molecule has 9 heteroatoms. The van der Waals surface area contributed by atoms with E-state index in [1.807, 2.05) is 73.8 Å².